The fourth-order valence-corrected chi connectivity index (χ4v) is 3.16. The lowest BCUT2D eigenvalue weighted by Gasteiger charge is -2.28. The predicted octanol–water partition coefficient (Wildman–Crippen LogP) is 5.31. The lowest BCUT2D eigenvalue weighted by atomic mass is 10.0. The molecule has 1 aliphatic heterocycles. The molecule has 0 unspecified atom stereocenters. The number of hydrogen-bond donors (Lipinski definition) is 0. The molecule has 108 valence electrons. The van der Waals surface area contributed by atoms with Crippen LogP contribution in [0.15, 0.2) is 81.8 Å². The molecule has 1 heterocycles. The van der Waals surface area contributed by atoms with E-state index in [1.54, 1.807) is 0 Å². The third kappa shape index (κ3) is 2.15. The van der Waals surface area contributed by atoms with E-state index >= 15 is 0 Å². The van der Waals surface area contributed by atoms with E-state index in [1.807, 2.05) is 30.3 Å². The molecule has 0 fully saturated rings. The Morgan fingerprint density at radius 3 is 2.50 bits per heavy atom. The minimum atomic E-state index is 0.895. The zero-order valence-electron chi connectivity index (χ0n) is 12.5. The van der Waals surface area contributed by atoms with E-state index in [0.717, 1.165) is 24.2 Å². The summed E-state index contributed by atoms with van der Waals surface area (Å²) in [5.74, 6) is 0. The minimum absolute atomic E-state index is 0.895. The maximum Gasteiger partial charge on any atom is 0.0873 e. The molecule has 0 atom stereocenters. The smallest absolute Gasteiger partial charge is 0.0873 e. The lowest BCUT2D eigenvalue weighted by molar-refractivity contribution is 0.960. The molecule has 0 saturated carbocycles. The second-order valence-electron chi connectivity index (χ2n) is 5.62. The van der Waals surface area contributed by atoms with Crippen molar-refractivity contribution < 1.29 is 0 Å². The second kappa shape index (κ2) is 5.26. The summed E-state index contributed by atoms with van der Waals surface area (Å²) in [4.78, 5) is 2.25. The van der Waals surface area contributed by atoms with Crippen LogP contribution in [-0.2, 0) is 0 Å². The van der Waals surface area contributed by atoms with Crippen LogP contribution in [0.4, 0.5) is 11.4 Å². The van der Waals surface area contributed by atoms with Crippen molar-refractivity contribution >= 4 is 17.5 Å². The first kappa shape index (κ1) is 13.0. The summed E-state index contributed by atoms with van der Waals surface area (Å²) in [6.45, 7) is 0. The molecule has 0 amide bonds. The number of likely N-dealkylation sites (N-methyl/N-ethyl adjacent to an activating group) is 1. The molecule has 2 aliphatic rings. The van der Waals surface area contributed by atoms with Crippen molar-refractivity contribution in [2.24, 2.45) is 10.2 Å². The number of para-hydroxylation sites is 1. The van der Waals surface area contributed by atoms with Gasteiger partial charge in [-0.25, -0.2) is 0 Å². The molecule has 2 aromatic rings. The van der Waals surface area contributed by atoms with Gasteiger partial charge in [-0.1, -0.05) is 36.4 Å². The minimum Gasteiger partial charge on any atom is -0.342 e. The summed E-state index contributed by atoms with van der Waals surface area (Å²) in [6, 6.07) is 18.4. The molecule has 1 aliphatic carbocycles. The van der Waals surface area contributed by atoms with Crippen molar-refractivity contribution in [3.63, 3.8) is 0 Å². The van der Waals surface area contributed by atoms with E-state index in [-0.39, 0.29) is 0 Å². The van der Waals surface area contributed by atoms with Gasteiger partial charge < -0.3 is 4.90 Å². The molecular formula is C19H17N3. The quantitative estimate of drug-likeness (QED) is 0.688. The lowest BCUT2D eigenvalue weighted by Crippen LogP contribution is -2.21. The van der Waals surface area contributed by atoms with Gasteiger partial charge in [0.05, 0.1) is 17.1 Å². The Hall–Kier alpha value is -2.68. The largest absolute Gasteiger partial charge is 0.342 e. The third-order valence-corrected chi connectivity index (χ3v) is 4.21. The standard InChI is InChI=1S/C19H17N3/c1-22-18-10-6-5-7-14(18)13-15-11-12-17(19(15)22)21-20-16-8-3-2-4-9-16/h2-10,13H,11-12H2,1H3. The molecule has 0 N–H and O–H groups in total. The number of nitrogens with zero attached hydrogens (tertiary/aromatic N) is 3. The average molecular weight is 287 g/mol. The first-order chi connectivity index (χ1) is 10.8. The molecule has 0 saturated heterocycles. The Labute approximate surface area is 130 Å². The molecular weight excluding hydrogens is 270 g/mol. The van der Waals surface area contributed by atoms with E-state index in [1.165, 1.54) is 22.5 Å². The molecule has 3 nitrogen and oxygen atoms in total. The molecule has 3 heteroatoms. The zero-order valence-corrected chi connectivity index (χ0v) is 12.5. The summed E-state index contributed by atoms with van der Waals surface area (Å²) < 4.78 is 0. The highest BCUT2D eigenvalue weighted by Gasteiger charge is 2.28. The number of anilines is 1. The molecule has 4 rings (SSSR count). The summed E-state index contributed by atoms with van der Waals surface area (Å²) >= 11 is 0. The fraction of sp³-hybridized carbons (Fsp3) is 0.158. The van der Waals surface area contributed by atoms with E-state index < -0.39 is 0 Å². The van der Waals surface area contributed by atoms with Crippen LogP contribution in [0.3, 0.4) is 0 Å². The average Bonchev–Trinajstić information content (AvgIpc) is 2.97. The summed E-state index contributed by atoms with van der Waals surface area (Å²) in [5, 5.41) is 8.91. The van der Waals surface area contributed by atoms with Gasteiger partial charge in [0.15, 0.2) is 0 Å². The third-order valence-electron chi connectivity index (χ3n) is 4.21. The van der Waals surface area contributed by atoms with Crippen molar-refractivity contribution in [2.45, 2.75) is 12.8 Å². The summed E-state index contributed by atoms with van der Waals surface area (Å²) in [5.41, 5.74) is 7.07. The molecule has 22 heavy (non-hydrogen) atoms. The highest BCUT2D eigenvalue weighted by atomic mass is 15.2. The topological polar surface area (TPSA) is 28.0 Å². The van der Waals surface area contributed by atoms with Crippen molar-refractivity contribution in [3.8, 4) is 0 Å². The van der Waals surface area contributed by atoms with Crippen LogP contribution < -0.4 is 4.90 Å². The van der Waals surface area contributed by atoms with Crippen molar-refractivity contribution in [1.29, 1.82) is 0 Å². The van der Waals surface area contributed by atoms with Crippen LogP contribution in [0.1, 0.15) is 18.4 Å². The first-order valence-corrected chi connectivity index (χ1v) is 7.56. The highest BCUT2D eigenvalue weighted by molar-refractivity contribution is 5.80. The maximum atomic E-state index is 4.52. The molecule has 0 radical (unpaired) electrons. The monoisotopic (exact) mass is 287 g/mol. The second-order valence-corrected chi connectivity index (χ2v) is 5.62. The number of fused-ring (bicyclic) bond motifs is 2. The Morgan fingerprint density at radius 2 is 1.64 bits per heavy atom. The number of azo groups is 1. The van der Waals surface area contributed by atoms with Gasteiger partial charge in [-0.2, -0.15) is 10.2 Å². The number of allylic oxidation sites excluding steroid dienone is 2. The molecule has 2 aromatic carbocycles. The van der Waals surface area contributed by atoms with Crippen LogP contribution in [0, 0.1) is 0 Å². The van der Waals surface area contributed by atoms with Crippen LogP contribution in [0.25, 0.3) is 6.08 Å². The normalized spacial score (nSPS) is 16.8. The molecule has 0 bridgehead atoms. The van der Waals surface area contributed by atoms with Crippen molar-refractivity contribution in [3.05, 3.63) is 77.1 Å². The molecule has 0 spiro atoms. The van der Waals surface area contributed by atoms with Crippen molar-refractivity contribution in [1.82, 2.24) is 0 Å². The van der Waals surface area contributed by atoms with Gasteiger partial charge in [-0.05, 0) is 48.3 Å². The molecule has 0 aromatic heterocycles. The van der Waals surface area contributed by atoms with E-state index in [2.05, 4.69) is 52.5 Å². The van der Waals surface area contributed by atoms with Gasteiger partial charge in [0.25, 0.3) is 0 Å². The summed E-state index contributed by atoms with van der Waals surface area (Å²) in [6.07, 6.45) is 4.28. The predicted molar refractivity (Wildman–Crippen MR) is 90.0 cm³/mol. The number of hydrogen-bond acceptors (Lipinski definition) is 3. The van der Waals surface area contributed by atoms with Gasteiger partial charge in [0.1, 0.15) is 0 Å². The maximum absolute atomic E-state index is 4.52. The summed E-state index contributed by atoms with van der Waals surface area (Å²) in [7, 11) is 2.12. The SMILES string of the molecule is CN1C2=C(N=Nc3ccccc3)CCC2=Cc2ccccc21. The number of benzene rings is 2. The van der Waals surface area contributed by atoms with Crippen LogP contribution in [0.5, 0.6) is 0 Å². The fourth-order valence-electron chi connectivity index (χ4n) is 3.16. The zero-order chi connectivity index (χ0) is 14.9. The Balaban J connectivity index is 1.74. The van der Waals surface area contributed by atoms with Crippen molar-refractivity contribution in [2.75, 3.05) is 11.9 Å². The van der Waals surface area contributed by atoms with E-state index in [0.29, 0.717) is 0 Å². The Morgan fingerprint density at radius 1 is 0.864 bits per heavy atom. The Bertz CT molecular complexity index is 800. The van der Waals surface area contributed by atoms with Gasteiger partial charge in [0, 0.05) is 12.7 Å². The van der Waals surface area contributed by atoms with E-state index in [9.17, 15) is 0 Å². The van der Waals surface area contributed by atoms with Gasteiger partial charge in [-0.15, -0.1) is 0 Å². The van der Waals surface area contributed by atoms with Crippen LogP contribution >= 0.6 is 0 Å². The number of rotatable bonds is 2. The van der Waals surface area contributed by atoms with Gasteiger partial charge in [0.2, 0.25) is 0 Å². The van der Waals surface area contributed by atoms with Crippen LogP contribution in [-0.4, -0.2) is 7.05 Å². The first-order valence-electron chi connectivity index (χ1n) is 7.56. The Kier molecular flexibility index (Phi) is 3.11. The van der Waals surface area contributed by atoms with E-state index in [4.69, 9.17) is 0 Å². The van der Waals surface area contributed by atoms with Gasteiger partial charge >= 0.3 is 0 Å². The van der Waals surface area contributed by atoms with Crippen LogP contribution in [0.2, 0.25) is 0 Å². The van der Waals surface area contributed by atoms with Gasteiger partial charge in [-0.3, -0.25) is 0 Å². The highest BCUT2D eigenvalue weighted by Crippen LogP contribution is 2.42.